The number of nitrogens with one attached hydrogen (secondary N) is 2. The maximum Gasteiger partial charge on any atom is 0.342 e. The second kappa shape index (κ2) is 5.49. The number of nitrogens with zero attached hydrogens (tertiary/aromatic N) is 1. The SMILES string of the molecule is FC1(F)C=CC=C(C2=COC=C(NCc3c[nH]cn3)O2)C1(F)F. The number of H-pyrrole nitrogens is 1. The summed E-state index contributed by atoms with van der Waals surface area (Å²) in [6, 6.07) is 0. The molecule has 0 aromatic carbocycles. The van der Waals surface area contributed by atoms with Gasteiger partial charge in [-0.2, -0.15) is 17.6 Å². The smallest absolute Gasteiger partial charge is 0.342 e. The molecule has 0 spiro atoms. The van der Waals surface area contributed by atoms with Gasteiger partial charge in [-0.25, -0.2) is 4.98 Å². The maximum absolute atomic E-state index is 13.9. The third-order valence-corrected chi connectivity index (χ3v) is 3.16. The largest absolute Gasteiger partial charge is 0.463 e. The number of aromatic amines is 1. The minimum atomic E-state index is -4.40. The number of ether oxygens (including phenoxy) is 2. The first-order chi connectivity index (χ1) is 10.9. The van der Waals surface area contributed by atoms with Gasteiger partial charge in [-0.3, -0.25) is 0 Å². The van der Waals surface area contributed by atoms with Crippen LogP contribution in [0.4, 0.5) is 17.6 Å². The first-order valence-electron chi connectivity index (χ1n) is 6.51. The predicted molar refractivity (Wildman–Crippen MR) is 70.9 cm³/mol. The lowest BCUT2D eigenvalue weighted by molar-refractivity contribution is -0.156. The van der Waals surface area contributed by atoms with Crippen molar-refractivity contribution in [3.8, 4) is 0 Å². The Kier molecular flexibility index (Phi) is 3.63. The van der Waals surface area contributed by atoms with Gasteiger partial charge in [-0.1, -0.05) is 6.08 Å². The van der Waals surface area contributed by atoms with E-state index in [2.05, 4.69) is 15.3 Å². The van der Waals surface area contributed by atoms with Crippen molar-refractivity contribution in [2.45, 2.75) is 18.4 Å². The Balaban J connectivity index is 1.71. The molecule has 2 N–H and O–H groups in total. The van der Waals surface area contributed by atoms with Crippen molar-refractivity contribution in [2.24, 2.45) is 0 Å². The van der Waals surface area contributed by atoms with Gasteiger partial charge in [0.05, 0.1) is 24.1 Å². The van der Waals surface area contributed by atoms with Crippen LogP contribution in [0.2, 0.25) is 0 Å². The second-order valence-electron chi connectivity index (χ2n) is 4.75. The highest BCUT2D eigenvalue weighted by Gasteiger charge is 2.59. The van der Waals surface area contributed by atoms with Crippen LogP contribution in [-0.4, -0.2) is 21.8 Å². The third-order valence-electron chi connectivity index (χ3n) is 3.16. The standard InChI is InChI=1S/C14H11F4N3O2/c15-13(16)3-1-2-10(14(13,17)18)11-6-22-7-12(23-11)20-5-9-4-19-8-21-9/h1-4,6-8,20H,5H2,(H,19,21). The molecule has 1 aromatic heterocycles. The van der Waals surface area contributed by atoms with Crippen LogP contribution in [0.1, 0.15) is 5.69 Å². The molecule has 3 rings (SSSR count). The zero-order valence-electron chi connectivity index (χ0n) is 11.5. The Labute approximate surface area is 128 Å². The molecule has 1 aliphatic carbocycles. The topological polar surface area (TPSA) is 59.2 Å². The molecule has 5 nitrogen and oxygen atoms in total. The van der Waals surface area contributed by atoms with E-state index < -0.39 is 23.2 Å². The Morgan fingerprint density at radius 3 is 2.78 bits per heavy atom. The van der Waals surface area contributed by atoms with Gasteiger partial charge in [0, 0.05) is 6.20 Å². The number of hydrogen-bond donors (Lipinski definition) is 2. The van der Waals surface area contributed by atoms with Crippen LogP contribution in [0.15, 0.2) is 60.5 Å². The molecule has 122 valence electrons. The van der Waals surface area contributed by atoms with E-state index in [1.54, 1.807) is 6.20 Å². The summed E-state index contributed by atoms with van der Waals surface area (Å²) in [5, 5.41) is 2.75. The van der Waals surface area contributed by atoms with Gasteiger partial charge >= 0.3 is 11.8 Å². The maximum atomic E-state index is 13.9. The summed E-state index contributed by atoms with van der Waals surface area (Å²) in [6.07, 6.45) is 6.93. The quantitative estimate of drug-likeness (QED) is 0.834. The van der Waals surface area contributed by atoms with E-state index in [-0.39, 0.29) is 18.5 Å². The van der Waals surface area contributed by atoms with Crippen LogP contribution in [0, 0.1) is 0 Å². The van der Waals surface area contributed by atoms with Crippen molar-refractivity contribution in [1.29, 1.82) is 0 Å². The van der Waals surface area contributed by atoms with E-state index in [1.165, 1.54) is 6.33 Å². The third kappa shape index (κ3) is 2.81. The van der Waals surface area contributed by atoms with Gasteiger partial charge in [0.1, 0.15) is 6.26 Å². The molecule has 0 fully saturated rings. The molecule has 0 radical (unpaired) electrons. The molecule has 2 aliphatic rings. The lowest BCUT2D eigenvalue weighted by atomic mass is 9.95. The number of imidazole rings is 1. The molecule has 9 heteroatoms. The van der Waals surface area contributed by atoms with Gasteiger partial charge in [0.25, 0.3) is 0 Å². The Hall–Kier alpha value is -2.71. The van der Waals surface area contributed by atoms with Crippen LogP contribution in [0.5, 0.6) is 0 Å². The van der Waals surface area contributed by atoms with Crippen LogP contribution >= 0.6 is 0 Å². The minimum Gasteiger partial charge on any atom is -0.463 e. The van der Waals surface area contributed by atoms with Gasteiger partial charge < -0.3 is 19.8 Å². The summed E-state index contributed by atoms with van der Waals surface area (Å²) in [6.45, 7) is 0.234. The van der Waals surface area contributed by atoms with Crippen molar-refractivity contribution < 1.29 is 27.0 Å². The molecular formula is C14H11F4N3O2. The van der Waals surface area contributed by atoms with Crippen LogP contribution < -0.4 is 5.32 Å². The monoisotopic (exact) mass is 329 g/mol. The molecule has 1 aromatic rings. The van der Waals surface area contributed by atoms with Gasteiger partial charge in [0.2, 0.25) is 5.88 Å². The summed E-state index contributed by atoms with van der Waals surface area (Å²) in [4.78, 5) is 6.70. The second-order valence-corrected chi connectivity index (χ2v) is 4.75. The predicted octanol–water partition coefficient (Wildman–Crippen LogP) is 2.95. The summed E-state index contributed by atoms with van der Waals surface area (Å²) in [7, 11) is 0. The molecule has 0 atom stereocenters. The van der Waals surface area contributed by atoms with Gasteiger partial charge in [0.15, 0.2) is 12.0 Å². The fourth-order valence-electron chi connectivity index (χ4n) is 1.98. The number of halogens is 4. The van der Waals surface area contributed by atoms with E-state index in [0.29, 0.717) is 5.69 Å². The zero-order valence-corrected chi connectivity index (χ0v) is 11.5. The van der Waals surface area contributed by atoms with Crippen LogP contribution in [0.25, 0.3) is 0 Å². The molecule has 23 heavy (non-hydrogen) atoms. The van der Waals surface area contributed by atoms with Crippen LogP contribution in [0.3, 0.4) is 0 Å². The minimum absolute atomic E-state index is 0.0000642. The van der Waals surface area contributed by atoms with E-state index in [1.807, 2.05) is 0 Å². The van der Waals surface area contributed by atoms with Crippen molar-refractivity contribution in [1.82, 2.24) is 15.3 Å². The summed E-state index contributed by atoms with van der Waals surface area (Å²) >= 11 is 0. The lowest BCUT2D eigenvalue weighted by Crippen LogP contribution is -2.43. The van der Waals surface area contributed by atoms with E-state index in [9.17, 15) is 17.6 Å². The average molecular weight is 329 g/mol. The fourth-order valence-corrected chi connectivity index (χ4v) is 1.98. The fraction of sp³-hybridized carbons (Fsp3) is 0.214. The summed E-state index contributed by atoms with van der Waals surface area (Å²) in [5.41, 5.74) is -0.320. The van der Waals surface area contributed by atoms with E-state index in [4.69, 9.17) is 9.47 Å². The number of aromatic nitrogens is 2. The zero-order chi connectivity index (χ0) is 16.5. The summed E-state index contributed by atoms with van der Waals surface area (Å²) < 4.78 is 64.6. The first-order valence-corrected chi connectivity index (χ1v) is 6.51. The van der Waals surface area contributed by atoms with Crippen molar-refractivity contribution in [3.05, 3.63) is 66.2 Å². The van der Waals surface area contributed by atoms with Crippen molar-refractivity contribution in [2.75, 3.05) is 0 Å². The highest BCUT2D eigenvalue weighted by molar-refractivity contribution is 5.42. The lowest BCUT2D eigenvalue weighted by Gasteiger charge is -2.30. The van der Waals surface area contributed by atoms with Crippen molar-refractivity contribution >= 4 is 0 Å². The average Bonchev–Trinajstić information content (AvgIpc) is 3.02. The van der Waals surface area contributed by atoms with Gasteiger partial charge in [-0.05, 0) is 12.2 Å². The molecular weight excluding hydrogens is 318 g/mol. The van der Waals surface area contributed by atoms with Crippen LogP contribution in [-0.2, 0) is 16.0 Å². The summed E-state index contributed by atoms with van der Waals surface area (Å²) in [5.74, 6) is -9.20. The van der Waals surface area contributed by atoms with Gasteiger partial charge in [-0.15, -0.1) is 0 Å². The Bertz CT molecular complexity index is 706. The first kappa shape index (κ1) is 15.2. The molecule has 0 unspecified atom stereocenters. The Morgan fingerprint density at radius 2 is 2.04 bits per heavy atom. The number of alkyl halides is 4. The molecule has 0 bridgehead atoms. The number of rotatable bonds is 4. The number of allylic oxidation sites excluding steroid dienone is 4. The molecule has 2 heterocycles. The molecule has 0 amide bonds. The van der Waals surface area contributed by atoms with E-state index in [0.717, 1.165) is 24.7 Å². The Morgan fingerprint density at radius 1 is 1.22 bits per heavy atom. The van der Waals surface area contributed by atoms with E-state index >= 15 is 0 Å². The molecule has 0 saturated heterocycles. The molecule has 1 aliphatic heterocycles. The highest BCUT2D eigenvalue weighted by atomic mass is 19.3. The van der Waals surface area contributed by atoms with Crippen molar-refractivity contribution in [3.63, 3.8) is 0 Å². The number of hydrogen-bond acceptors (Lipinski definition) is 4. The highest BCUT2D eigenvalue weighted by Crippen LogP contribution is 2.46. The normalized spacial score (nSPS) is 21.5. The molecule has 0 saturated carbocycles.